The molecule has 2 aromatic carbocycles. The van der Waals surface area contributed by atoms with Gasteiger partial charge in [-0.05, 0) is 49.2 Å². The van der Waals surface area contributed by atoms with Crippen molar-refractivity contribution < 1.29 is 4.79 Å². The molecule has 5 heteroatoms. The Morgan fingerprint density at radius 3 is 2.62 bits per heavy atom. The van der Waals surface area contributed by atoms with Crippen LogP contribution in [0.15, 0.2) is 36.4 Å². The molecule has 1 heterocycles. The average Bonchev–Trinajstić information content (AvgIpc) is 2.58. The minimum atomic E-state index is -0.102. The van der Waals surface area contributed by atoms with Crippen LogP contribution < -0.4 is 10.2 Å². The van der Waals surface area contributed by atoms with Gasteiger partial charge in [-0.1, -0.05) is 23.7 Å². The van der Waals surface area contributed by atoms with Crippen LogP contribution in [0.4, 0.5) is 11.4 Å². The van der Waals surface area contributed by atoms with E-state index in [1.807, 2.05) is 62.0 Å². The Bertz CT molecular complexity index is 757. The SMILES string of the molecule is Cc1cccc(C(=O)Nc2ccc(N3CCSCC3)c(Cl)c2)c1C. The van der Waals surface area contributed by atoms with E-state index < -0.39 is 0 Å². The lowest BCUT2D eigenvalue weighted by molar-refractivity contribution is 0.102. The number of nitrogens with zero attached hydrogens (tertiary/aromatic N) is 1. The van der Waals surface area contributed by atoms with Crippen molar-refractivity contribution in [2.75, 3.05) is 34.8 Å². The second kappa shape index (κ2) is 7.49. The molecule has 1 aliphatic heterocycles. The molecule has 1 aliphatic rings. The normalized spacial score (nSPS) is 14.5. The number of thioether (sulfide) groups is 1. The van der Waals surface area contributed by atoms with Crippen molar-refractivity contribution in [3.63, 3.8) is 0 Å². The van der Waals surface area contributed by atoms with Crippen molar-refractivity contribution in [1.29, 1.82) is 0 Å². The Labute approximate surface area is 152 Å². The first-order chi connectivity index (χ1) is 11.6. The summed E-state index contributed by atoms with van der Waals surface area (Å²) in [5, 5.41) is 3.63. The molecule has 0 saturated carbocycles. The summed E-state index contributed by atoms with van der Waals surface area (Å²) in [4.78, 5) is 14.8. The number of carbonyl (C=O) groups excluding carboxylic acids is 1. The van der Waals surface area contributed by atoms with Gasteiger partial charge in [-0.3, -0.25) is 4.79 Å². The molecule has 0 aromatic heterocycles. The number of halogens is 1. The quantitative estimate of drug-likeness (QED) is 0.856. The van der Waals surface area contributed by atoms with Gasteiger partial charge in [-0.15, -0.1) is 0 Å². The van der Waals surface area contributed by atoms with Crippen molar-refractivity contribution in [2.24, 2.45) is 0 Å². The van der Waals surface area contributed by atoms with E-state index in [0.717, 1.165) is 47.1 Å². The number of hydrogen-bond acceptors (Lipinski definition) is 3. The Morgan fingerprint density at radius 1 is 1.17 bits per heavy atom. The van der Waals surface area contributed by atoms with Crippen molar-refractivity contribution in [1.82, 2.24) is 0 Å². The summed E-state index contributed by atoms with van der Waals surface area (Å²) in [6.07, 6.45) is 0. The van der Waals surface area contributed by atoms with Crippen molar-refractivity contribution >= 4 is 40.6 Å². The van der Waals surface area contributed by atoms with Crippen LogP contribution in [0.1, 0.15) is 21.5 Å². The highest BCUT2D eigenvalue weighted by Gasteiger charge is 2.15. The third-order valence-electron chi connectivity index (χ3n) is 4.41. The molecule has 0 radical (unpaired) electrons. The van der Waals surface area contributed by atoms with Crippen molar-refractivity contribution in [2.45, 2.75) is 13.8 Å². The molecule has 3 nitrogen and oxygen atoms in total. The summed E-state index contributed by atoms with van der Waals surface area (Å²) in [5.74, 6) is 2.15. The smallest absolute Gasteiger partial charge is 0.255 e. The third-order valence-corrected chi connectivity index (χ3v) is 5.65. The van der Waals surface area contributed by atoms with E-state index in [1.165, 1.54) is 0 Å². The van der Waals surface area contributed by atoms with Crippen LogP contribution in [-0.2, 0) is 0 Å². The molecule has 0 spiro atoms. The minimum absolute atomic E-state index is 0.102. The van der Waals surface area contributed by atoms with E-state index in [9.17, 15) is 4.79 Å². The zero-order chi connectivity index (χ0) is 17.1. The largest absolute Gasteiger partial charge is 0.369 e. The number of nitrogens with one attached hydrogen (secondary N) is 1. The maximum atomic E-state index is 12.5. The lowest BCUT2D eigenvalue weighted by Crippen LogP contribution is -2.32. The first-order valence-corrected chi connectivity index (χ1v) is 9.59. The first-order valence-electron chi connectivity index (χ1n) is 8.06. The number of rotatable bonds is 3. The molecular formula is C19H21ClN2OS. The lowest BCUT2D eigenvalue weighted by atomic mass is 10.0. The molecule has 1 N–H and O–H groups in total. The second-order valence-corrected chi connectivity index (χ2v) is 7.60. The predicted molar refractivity (Wildman–Crippen MR) is 105 cm³/mol. The monoisotopic (exact) mass is 360 g/mol. The van der Waals surface area contributed by atoms with Gasteiger partial charge >= 0.3 is 0 Å². The van der Waals surface area contributed by atoms with Crippen LogP contribution >= 0.6 is 23.4 Å². The Kier molecular flexibility index (Phi) is 5.36. The summed E-state index contributed by atoms with van der Waals surface area (Å²) in [6, 6.07) is 11.5. The van der Waals surface area contributed by atoms with Gasteiger partial charge in [0, 0.05) is 35.8 Å². The highest BCUT2D eigenvalue weighted by molar-refractivity contribution is 7.99. The van der Waals surface area contributed by atoms with Crippen molar-refractivity contribution in [3.05, 3.63) is 58.1 Å². The number of benzene rings is 2. The van der Waals surface area contributed by atoms with Gasteiger partial charge in [-0.2, -0.15) is 11.8 Å². The van der Waals surface area contributed by atoms with Crippen LogP contribution in [0, 0.1) is 13.8 Å². The van der Waals surface area contributed by atoms with Gasteiger partial charge in [0.2, 0.25) is 0 Å². The molecule has 2 aromatic rings. The van der Waals surface area contributed by atoms with Gasteiger partial charge < -0.3 is 10.2 Å². The molecule has 126 valence electrons. The lowest BCUT2D eigenvalue weighted by Gasteiger charge is -2.29. The highest BCUT2D eigenvalue weighted by atomic mass is 35.5. The standard InChI is InChI=1S/C19H21ClN2OS/c1-13-4-3-5-16(14(13)2)19(23)21-15-6-7-18(17(20)12-15)22-8-10-24-11-9-22/h3-7,12H,8-11H2,1-2H3,(H,21,23). The predicted octanol–water partition coefficient (Wildman–Crippen LogP) is 4.76. The average molecular weight is 361 g/mol. The summed E-state index contributed by atoms with van der Waals surface area (Å²) in [7, 11) is 0. The van der Waals surface area contributed by atoms with E-state index in [-0.39, 0.29) is 5.91 Å². The zero-order valence-electron chi connectivity index (χ0n) is 13.9. The van der Waals surface area contributed by atoms with E-state index in [1.54, 1.807) is 0 Å². The fourth-order valence-corrected chi connectivity index (χ4v) is 4.04. The fourth-order valence-electron chi connectivity index (χ4n) is 2.84. The second-order valence-electron chi connectivity index (χ2n) is 5.97. The summed E-state index contributed by atoms with van der Waals surface area (Å²) in [5.41, 5.74) is 4.58. The van der Waals surface area contributed by atoms with Gasteiger partial charge in [0.25, 0.3) is 5.91 Å². The van der Waals surface area contributed by atoms with Crippen LogP contribution in [0.25, 0.3) is 0 Å². The molecule has 0 unspecified atom stereocenters. The highest BCUT2D eigenvalue weighted by Crippen LogP contribution is 2.30. The van der Waals surface area contributed by atoms with Crippen LogP contribution in [0.5, 0.6) is 0 Å². The topological polar surface area (TPSA) is 32.3 Å². The first kappa shape index (κ1) is 17.2. The van der Waals surface area contributed by atoms with Crippen LogP contribution in [-0.4, -0.2) is 30.5 Å². The van der Waals surface area contributed by atoms with Gasteiger partial charge in [0.1, 0.15) is 0 Å². The maximum absolute atomic E-state index is 12.5. The fraction of sp³-hybridized carbons (Fsp3) is 0.316. The van der Waals surface area contributed by atoms with E-state index in [4.69, 9.17) is 11.6 Å². The van der Waals surface area contributed by atoms with E-state index in [0.29, 0.717) is 10.6 Å². The van der Waals surface area contributed by atoms with E-state index >= 15 is 0 Å². The molecular weight excluding hydrogens is 340 g/mol. The molecule has 3 rings (SSSR count). The molecule has 0 bridgehead atoms. The Balaban J connectivity index is 1.77. The third kappa shape index (κ3) is 3.70. The Morgan fingerprint density at radius 2 is 1.92 bits per heavy atom. The maximum Gasteiger partial charge on any atom is 0.255 e. The van der Waals surface area contributed by atoms with Gasteiger partial charge in [0.15, 0.2) is 0 Å². The molecule has 24 heavy (non-hydrogen) atoms. The zero-order valence-corrected chi connectivity index (χ0v) is 15.5. The van der Waals surface area contributed by atoms with Crippen LogP contribution in [0.3, 0.4) is 0 Å². The number of hydrogen-bond donors (Lipinski definition) is 1. The van der Waals surface area contributed by atoms with Gasteiger partial charge in [-0.25, -0.2) is 0 Å². The van der Waals surface area contributed by atoms with Gasteiger partial charge in [0.05, 0.1) is 10.7 Å². The summed E-state index contributed by atoms with van der Waals surface area (Å²) < 4.78 is 0. The molecule has 1 amide bonds. The summed E-state index contributed by atoms with van der Waals surface area (Å²) >= 11 is 8.42. The summed E-state index contributed by atoms with van der Waals surface area (Å²) in [6.45, 7) is 6.00. The van der Waals surface area contributed by atoms with Crippen LogP contribution in [0.2, 0.25) is 5.02 Å². The minimum Gasteiger partial charge on any atom is -0.369 e. The molecule has 0 atom stereocenters. The number of anilines is 2. The van der Waals surface area contributed by atoms with E-state index in [2.05, 4.69) is 10.2 Å². The number of aryl methyl sites for hydroxylation is 1. The molecule has 0 aliphatic carbocycles. The van der Waals surface area contributed by atoms with Crippen molar-refractivity contribution in [3.8, 4) is 0 Å². The molecule has 1 fully saturated rings. The molecule has 1 saturated heterocycles. The number of carbonyl (C=O) groups is 1. The number of amides is 1. The Hall–Kier alpha value is -1.65.